The number of carbonyl (C=O) groups excluding carboxylic acids is 1. The lowest BCUT2D eigenvalue weighted by Gasteiger charge is -2.02. The molecule has 0 bridgehead atoms. The van der Waals surface area contributed by atoms with Crippen LogP contribution in [0.2, 0.25) is 0 Å². The maximum absolute atomic E-state index is 11.8. The van der Waals surface area contributed by atoms with Gasteiger partial charge in [-0.15, -0.1) is 11.8 Å². The molecule has 4 heteroatoms. The number of benzene rings is 3. The highest BCUT2D eigenvalue weighted by molar-refractivity contribution is 7.99. The molecule has 0 aliphatic carbocycles. The first-order valence-corrected chi connectivity index (χ1v) is 8.79. The zero-order valence-electron chi connectivity index (χ0n) is 13.2. The second-order valence-corrected chi connectivity index (χ2v) is 6.44. The van der Waals surface area contributed by atoms with Crippen LogP contribution in [0, 0.1) is 0 Å². The summed E-state index contributed by atoms with van der Waals surface area (Å²) in [6, 6.07) is 24.2. The van der Waals surface area contributed by atoms with E-state index in [0.29, 0.717) is 6.42 Å². The van der Waals surface area contributed by atoms with Crippen LogP contribution in [0.5, 0.6) is 0 Å². The van der Waals surface area contributed by atoms with E-state index in [1.54, 1.807) is 18.0 Å². The Balaban J connectivity index is 1.51. The minimum Gasteiger partial charge on any atom is -0.273 e. The molecule has 0 aliphatic heterocycles. The van der Waals surface area contributed by atoms with Gasteiger partial charge in [-0.05, 0) is 22.9 Å². The number of hydrogen-bond donors (Lipinski definition) is 1. The molecule has 1 amide bonds. The number of carbonyl (C=O) groups is 1. The van der Waals surface area contributed by atoms with E-state index in [-0.39, 0.29) is 5.91 Å². The monoisotopic (exact) mass is 334 g/mol. The van der Waals surface area contributed by atoms with Gasteiger partial charge in [0.25, 0.3) is 0 Å². The van der Waals surface area contributed by atoms with Crippen molar-refractivity contribution in [1.82, 2.24) is 5.43 Å². The van der Waals surface area contributed by atoms with Crippen LogP contribution in [0.1, 0.15) is 12.0 Å². The van der Waals surface area contributed by atoms with Crippen LogP contribution in [0.15, 0.2) is 82.8 Å². The third kappa shape index (κ3) is 4.46. The van der Waals surface area contributed by atoms with Crippen molar-refractivity contribution in [3.8, 4) is 0 Å². The molecule has 0 saturated carbocycles. The van der Waals surface area contributed by atoms with Crippen molar-refractivity contribution in [3.05, 3.63) is 78.4 Å². The molecule has 3 aromatic rings. The van der Waals surface area contributed by atoms with Gasteiger partial charge < -0.3 is 0 Å². The minimum atomic E-state index is -0.0742. The summed E-state index contributed by atoms with van der Waals surface area (Å²) in [4.78, 5) is 13.0. The van der Waals surface area contributed by atoms with Gasteiger partial charge in [0.1, 0.15) is 0 Å². The summed E-state index contributed by atoms with van der Waals surface area (Å²) in [6.07, 6.45) is 2.14. The van der Waals surface area contributed by atoms with Crippen molar-refractivity contribution >= 4 is 34.7 Å². The summed E-state index contributed by atoms with van der Waals surface area (Å²) in [7, 11) is 0. The van der Waals surface area contributed by atoms with E-state index in [0.717, 1.165) is 22.1 Å². The number of hydrazone groups is 1. The van der Waals surface area contributed by atoms with Gasteiger partial charge in [-0.3, -0.25) is 4.79 Å². The largest absolute Gasteiger partial charge is 0.273 e. The average Bonchev–Trinajstić information content (AvgIpc) is 2.63. The predicted octanol–water partition coefficient (Wildman–Crippen LogP) is 4.47. The number of nitrogens with one attached hydrogen (secondary N) is 1. The van der Waals surface area contributed by atoms with Crippen LogP contribution in [-0.2, 0) is 4.79 Å². The van der Waals surface area contributed by atoms with Crippen molar-refractivity contribution in [3.63, 3.8) is 0 Å². The van der Waals surface area contributed by atoms with Gasteiger partial charge in [-0.25, -0.2) is 5.43 Å². The zero-order valence-corrected chi connectivity index (χ0v) is 14.0. The number of hydrogen-bond acceptors (Lipinski definition) is 3. The first-order valence-electron chi connectivity index (χ1n) is 7.80. The third-order valence-corrected chi connectivity index (χ3v) is 4.57. The second-order valence-electron chi connectivity index (χ2n) is 5.27. The van der Waals surface area contributed by atoms with Crippen molar-refractivity contribution in [1.29, 1.82) is 0 Å². The van der Waals surface area contributed by atoms with Crippen LogP contribution in [-0.4, -0.2) is 17.9 Å². The molecule has 3 aromatic carbocycles. The van der Waals surface area contributed by atoms with Crippen molar-refractivity contribution in [2.45, 2.75) is 11.3 Å². The SMILES string of the molecule is O=C(CCSc1ccccc1)N/N=C\c1cccc2ccccc12. The van der Waals surface area contributed by atoms with Gasteiger partial charge in [0.2, 0.25) is 5.91 Å². The van der Waals surface area contributed by atoms with Gasteiger partial charge in [0, 0.05) is 22.6 Å². The van der Waals surface area contributed by atoms with Gasteiger partial charge >= 0.3 is 0 Å². The van der Waals surface area contributed by atoms with E-state index < -0.39 is 0 Å². The summed E-state index contributed by atoms with van der Waals surface area (Å²) in [5.41, 5.74) is 3.59. The Morgan fingerprint density at radius 2 is 1.71 bits per heavy atom. The zero-order chi connectivity index (χ0) is 16.6. The fraction of sp³-hybridized carbons (Fsp3) is 0.100. The third-order valence-electron chi connectivity index (χ3n) is 3.56. The molecule has 0 aliphatic rings. The highest BCUT2D eigenvalue weighted by atomic mass is 32.2. The summed E-state index contributed by atoms with van der Waals surface area (Å²) < 4.78 is 0. The molecule has 0 radical (unpaired) electrons. The molecule has 0 spiro atoms. The van der Waals surface area contributed by atoms with E-state index in [2.05, 4.69) is 28.7 Å². The van der Waals surface area contributed by atoms with E-state index in [1.165, 1.54) is 4.90 Å². The molecular weight excluding hydrogens is 316 g/mol. The lowest BCUT2D eigenvalue weighted by atomic mass is 10.1. The predicted molar refractivity (Wildman–Crippen MR) is 101 cm³/mol. The highest BCUT2D eigenvalue weighted by Crippen LogP contribution is 2.18. The fourth-order valence-corrected chi connectivity index (χ4v) is 3.24. The van der Waals surface area contributed by atoms with Crippen LogP contribution < -0.4 is 5.43 Å². The quantitative estimate of drug-likeness (QED) is 0.410. The number of thioether (sulfide) groups is 1. The van der Waals surface area contributed by atoms with Crippen molar-refractivity contribution in [2.24, 2.45) is 5.10 Å². The topological polar surface area (TPSA) is 41.5 Å². The number of fused-ring (bicyclic) bond motifs is 1. The van der Waals surface area contributed by atoms with Gasteiger partial charge in [0.05, 0.1) is 6.21 Å². The van der Waals surface area contributed by atoms with E-state index in [1.807, 2.05) is 54.6 Å². The molecule has 0 atom stereocenters. The van der Waals surface area contributed by atoms with Gasteiger partial charge in [-0.2, -0.15) is 5.10 Å². The van der Waals surface area contributed by atoms with Crippen LogP contribution in [0.25, 0.3) is 10.8 Å². The minimum absolute atomic E-state index is 0.0742. The molecule has 0 fully saturated rings. The van der Waals surface area contributed by atoms with Crippen LogP contribution in [0.4, 0.5) is 0 Å². The smallest absolute Gasteiger partial charge is 0.240 e. The molecule has 0 unspecified atom stereocenters. The Kier molecular flexibility index (Phi) is 5.64. The Hall–Kier alpha value is -2.59. The van der Waals surface area contributed by atoms with Crippen molar-refractivity contribution < 1.29 is 4.79 Å². The summed E-state index contributed by atoms with van der Waals surface area (Å²) in [5, 5.41) is 6.37. The Labute approximate surface area is 145 Å². The van der Waals surface area contributed by atoms with Crippen molar-refractivity contribution in [2.75, 3.05) is 5.75 Å². The van der Waals surface area contributed by atoms with Crippen LogP contribution >= 0.6 is 11.8 Å². The maximum atomic E-state index is 11.8. The molecule has 0 aromatic heterocycles. The molecule has 24 heavy (non-hydrogen) atoms. The van der Waals surface area contributed by atoms with E-state index in [9.17, 15) is 4.79 Å². The Bertz CT molecular complexity index is 841. The molecule has 0 heterocycles. The molecule has 3 nitrogen and oxygen atoms in total. The number of rotatable bonds is 6. The first-order chi connectivity index (χ1) is 11.8. The van der Waals surface area contributed by atoms with Gasteiger partial charge in [0.15, 0.2) is 0 Å². The average molecular weight is 334 g/mol. The molecule has 3 rings (SSSR count). The Morgan fingerprint density at radius 3 is 2.58 bits per heavy atom. The normalized spacial score (nSPS) is 11.0. The Morgan fingerprint density at radius 1 is 0.958 bits per heavy atom. The molecular formula is C20H18N2OS. The van der Waals surface area contributed by atoms with E-state index >= 15 is 0 Å². The standard InChI is InChI=1S/C20H18N2OS/c23-20(13-14-24-18-10-2-1-3-11-18)22-21-15-17-9-6-8-16-7-4-5-12-19(16)17/h1-12,15H,13-14H2,(H,22,23)/b21-15-. The maximum Gasteiger partial charge on any atom is 0.240 e. The van der Waals surface area contributed by atoms with Gasteiger partial charge in [-0.1, -0.05) is 60.7 Å². The lowest BCUT2D eigenvalue weighted by Crippen LogP contribution is -2.17. The highest BCUT2D eigenvalue weighted by Gasteiger charge is 2.01. The fourth-order valence-electron chi connectivity index (χ4n) is 2.37. The molecule has 120 valence electrons. The first kappa shape index (κ1) is 16.3. The van der Waals surface area contributed by atoms with E-state index in [4.69, 9.17) is 0 Å². The lowest BCUT2D eigenvalue weighted by molar-refractivity contribution is -0.120. The number of nitrogens with zero attached hydrogens (tertiary/aromatic N) is 1. The van der Waals surface area contributed by atoms with Crippen LogP contribution in [0.3, 0.4) is 0 Å². The molecule has 1 N–H and O–H groups in total. The number of amides is 1. The summed E-state index contributed by atoms with van der Waals surface area (Å²) in [5.74, 6) is 0.662. The molecule has 0 saturated heterocycles. The summed E-state index contributed by atoms with van der Waals surface area (Å²) in [6.45, 7) is 0. The second kappa shape index (κ2) is 8.31. The summed E-state index contributed by atoms with van der Waals surface area (Å²) >= 11 is 1.67.